The third-order valence-corrected chi connectivity index (χ3v) is 14.3. The molecule has 16 heteroatoms. The van der Waals surface area contributed by atoms with Gasteiger partial charge >= 0.3 is 5.97 Å². The number of ether oxygens (including phenoxy) is 2. The maximum atomic E-state index is 12.9. The highest BCUT2D eigenvalue weighted by Gasteiger charge is 2.32. The van der Waals surface area contributed by atoms with Crippen LogP contribution in [-0.2, 0) is 48.4 Å². The molecule has 3 N–H and O–H groups in total. The van der Waals surface area contributed by atoms with E-state index in [4.69, 9.17) is 9.47 Å². The molecule has 3 aliphatic heterocycles. The zero-order valence-electron chi connectivity index (χ0n) is 33.0. The van der Waals surface area contributed by atoms with Crippen LogP contribution in [-0.4, -0.2) is 81.6 Å². The molecule has 0 bridgehead atoms. The molecule has 4 aromatic heterocycles. The summed E-state index contributed by atoms with van der Waals surface area (Å²) in [5, 5.41) is 18.3. The fourth-order valence-corrected chi connectivity index (χ4v) is 11.3. The number of hydrogen-bond acceptors (Lipinski definition) is 14. The highest BCUT2D eigenvalue weighted by molar-refractivity contribution is 7.19. The Balaban J connectivity index is 0.000000146. The summed E-state index contributed by atoms with van der Waals surface area (Å²) in [4.78, 5) is 57.2. The molecular formula is C44H41N9O5S2. The first kappa shape index (κ1) is 38.0. The minimum atomic E-state index is -0.725. The van der Waals surface area contributed by atoms with Crippen molar-refractivity contribution >= 4 is 90.4 Å². The predicted octanol–water partition coefficient (Wildman–Crippen LogP) is 7.44. The van der Waals surface area contributed by atoms with Crippen molar-refractivity contribution in [1.29, 1.82) is 0 Å². The van der Waals surface area contributed by atoms with Gasteiger partial charge in [0.15, 0.2) is 0 Å². The number of anilines is 4. The number of fused-ring (bicyclic) bond motifs is 8. The van der Waals surface area contributed by atoms with Crippen LogP contribution < -0.4 is 20.1 Å². The van der Waals surface area contributed by atoms with Crippen LogP contribution in [0.1, 0.15) is 56.0 Å². The van der Waals surface area contributed by atoms with Gasteiger partial charge in [-0.15, -0.1) is 22.7 Å². The number of hydrogen-bond donors (Lipinski definition) is 3. The Bertz CT molecular complexity index is 2800. The number of aromatic nitrogens is 4. The molecule has 0 saturated heterocycles. The van der Waals surface area contributed by atoms with Crippen LogP contribution in [0.25, 0.3) is 20.4 Å². The van der Waals surface area contributed by atoms with Gasteiger partial charge in [-0.05, 0) is 96.2 Å². The second-order valence-corrected chi connectivity index (χ2v) is 17.6. The molecule has 0 radical (unpaired) electrons. The smallest absolute Gasteiger partial charge is 0.306 e. The molecule has 5 aliphatic rings. The normalized spacial score (nSPS) is 18.1. The van der Waals surface area contributed by atoms with E-state index in [-0.39, 0.29) is 17.7 Å². The molecular weight excluding hydrogens is 799 g/mol. The zero-order chi connectivity index (χ0) is 40.9. The molecule has 7 heterocycles. The largest absolute Gasteiger partial charge is 0.495 e. The van der Waals surface area contributed by atoms with Gasteiger partial charge in [0.25, 0.3) is 0 Å². The lowest BCUT2D eigenvalue weighted by molar-refractivity contribution is -0.142. The second-order valence-electron chi connectivity index (χ2n) is 15.4. The van der Waals surface area contributed by atoms with Gasteiger partial charge in [-0.3, -0.25) is 19.6 Å². The lowest BCUT2D eigenvalue weighted by atomic mass is 9.87. The zero-order valence-corrected chi connectivity index (χ0v) is 34.7. The van der Waals surface area contributed by atoms with Crippen molar-refractivity contribution in [2.24, 2.45) is 21.8 Å². The van der Waals surface area contributed by atoms with Crippen LogP contribution in [0.3, 0.4) is 0 Å². The molecule has 60 heavy (non-hydrogen) atoms. The van der Waals surface area contributed by atoms with Crippen molar-refractivity contribution in [1.82, 2.24) is 24.8 Å². The second kappa shape index (κ2) is 15.7. The Kier molecular flexibility index (Phi) is 9.96. The number of amides is 1. The molecule has 11 rings (SSSR count). The number of carboxylic acid groups (broad SMARTS) is 1. The van der Waals surface area contributed by atoms with Gasteiger partial charge in [0.1, 0.15) is 45.5 Å². The first-order valence-corrected chi connectivity index (χ1v) is 21.6. The SMILES string of the molecule is COc1cc2c(cc1Nc1ncnc3sc4c(c13)CC[C@H](C(=O)N1CC=CC1)C4)C=NC2.COc1cc2c(cc1Nc1ncnc3sc4c(c13)CC[C@H](C(=O)O)C4)C=NC2. The van der Waals surface area contributed by atoms with Crippen molar-refractivity contribution in [3.05, 3.63) is 92.2 Å². The number of thiophene rings is 2. The van der Waals surface area contributed by atoms with Gasteiger partial charge in [-0.25, -0.2) is 19.9 Å². The Morgan fingerprint density at radius 3 is 1.72 bits per heavy atom. The number of carbonyl (C=O) groups is 2. The topological polar surface area (TPSA) is 176 Å². The van der Waals surface area contributed by atoms with Gasteiger partial charge in [-0.2, -0.15) is 0 Å². The van der Waals surface area contributed by atoms with Gasteiger partial charge in [-0.1, -0.05) is 12.2 Å². The molecule has 0 spiro atoms. The Morgan fingerprint density at radius 2 is 1.22 bits per heavy atom. The summed E-state index contributed by atoms with van der Waals surface area (Å²) >= 11 is 3.26. The number of aryl methyl sites for hydroxylation is 2. The number of carboxylic acids is 1. The van der Waals surface area contributed by atoms with Crippen molar-refractivity contribution in [3.8, 4) is 11.5 Å². The van der Waals surface area contributed by atoms with Crippen LogP contribution in [0.5, 0.6) is 11.5 Å². The van der Waals surface area contributed by atoms with E-state index in [1.54, 1.807) is 49.5 Å². The lowest BCUT2D eigenvalue weighted by Gasteiger charge is -2.26. The summed E-state index contributed by atoms with van der Waals surface area (Å²) in [7, 11) is 3.33. The Morgan fingerprint density at radius 1 is 0.717 bits per heavy atom. The Hall–Kier alpha value is -6.26. The quantitative estimate of drug-likeness (QED) is 0.130. The summed E-state index contributed by atoms with van der Waals surface area (Å²) in [5.74, 6) is 2.31. The first-order chi connectivity index (χ1) is 29.3. The van der Waals surface area contributed by atoms with Gasteiger partial charge < -0.3 is 30.1 Å². The van der Waals surface area contributed by atoms with Crippen molar-refractivity contribution in [2.75, 3.05) is 37.9 Å². The molecule has 2 aromatic carbocycles. The maximum absolute atomic E-state index is 12.9. The highest BCUT2D eigenvalue weighted by atomic mass is 32.1. The maximum Gasteiger partial charge on any atom is 0.306 e. The van der Waals surface area contributed by atoms with Crippen LogP contribution in [0.2, 0.25) is 0 Å². The summed E-state index contributed by atoms with van der Waals surface area (Å²) in [6.45, 7) is 2.84. The van der Waals surface area contributed by atoms with E-state index in [0.29, 0.717) is 25.9 Å². The van der Waals surface area contributed by atoms with Gasteiger partial charge in [0, 0.05) is 41.2 Å². The van der Waals surface area contributed by atoms with Crippen LogP contribution in [0.15, 0.2) is 59.1 Å². The molecule has 0 unspecified atom stereocenters. The van der Waals surface area contributed by atoms with Gasteiger partial charge in [0.2, 0.25) is 5.91 Å². The fraction of sp³-hybridized carbons (Fsp3) is 0.318. The van der Waals surface area contributed by atoms with E-state index in [2.05, 4.69) is 58.8 Å². The standard InChI is InChI=1S/C24H23N5O2S.C20H18N4O3S/c1-31-19-9-16-12-25-11-15(16)8-18(19)28-22-21-17-5-4-14(24(30)29-6-2-3-7-29)10-20(17)32-23(21)27-13-26-22;1-27-15-5-12-8-21-7-11(12)4-14(15)24-18-17-13-3-2-10(20(25)26)6-16(13)28-19(17)23-9-22-18/h2-3,8-9,11,13-14H,4-7,10,12H2,1H3,(H,26,27,28);4-5,7,9-10H,2-3,6,8H2,1H3,(H,25,26)(H,22,23,24)/t14-;10-/m00/s1. The van der Waals surface area contributed by atoms with E-state index in [9.17, 15) is 14.7 Å². The van der Waals surface area contributed by atoms with Gasteiger partial charge in [0.05, 0.1) is 55.4 Å². The molecule has 2 aliphatic carbocycles. The number of methoxy groups -OCH3 is 2. The number of nitrogens with one attached hydrogen (secondary N) is 2. The first-order valence-electron chi connectivity index (χ1n) is 20.0. The van der Waals surface area contributed by atoms with E-state index in [1.807, 2.05) is 35.5 Å². The molecule has 0 fully saturated rings. The van der Waals surface area contributed by atoms with E-state index in [1.165, 1.54) is 16.0 Å². The third kappa shape index (κ3) is 6.92. The Labute approximate surface area is 353 Å². The lowest BCUT2D eigenvalue weighted by Crippen LogP contribution is -2.36. The minimum Gasteiger partial charge on any atom is -0.495 e. The third-order valence-electron chi connectivity index (χ3n) is 11.9. The summed E-state index contributed by atoms with van der Waals surface area (Å²) in [6.07, 6.45) is 15.5. The van der Waals surface area contributed by atoms with Crippen LogP contribution >= 0.6 is 22.7 Å². The molecule has 14 nitrogen and oxygen atoms in total. The van der Waals surface area contributed by atoms with Crippen molar-refractivity contribution < 1.29 is 24.2 Å². The molecule has 0 saturated carbocycles. The van der Waals surface area contributed by atoms with E-state index in [0.717, 1.165) is 121 Å². The number of rotatable bonds is 8. The van der Waals surface area contributed by atoms with Crippen molar-refractivity contribution in [3.63, 3.8) is 0 Å². The summed E-state index contributed by atoms with van der Waals surface area (Å²) < 4.78 is 11.2. The van der Waals surface area contributed by atoms with E-state index < -0.39 is 5.97 Å². The number of nitrogens with zero attached hydrogens (tertiary/aromatic N) is 7. The average molecular weight is 840 g/mol. The molecule has 6 aromatic rings. The number of aliphatic imine (C=N–C) groups is 2. The number of aliphatic carboxylic acids is 1. The molecule has 1 amide bonds. The fourth-order valence-electron chi connectivity index (χ4n) is 8.81. The average Bonchev–Trinajstić information content (AvgIpc) is 4.12. The predicted molar refractivity (Wildman–Crippen MR) is 234 cm³/mol. The van der Waals surface area contributed by atoms with E-state index >= 15 is 0 Å². The number of carbonyl (C=O) groups excluding carboxylic acids is 1. The highest BCUT2D eigenvalue weighted by Crippen LogP contribution is 2.44. The minimum absolute atomic E-state index is 0.0518. The molecule has 304 valence electrons. The summed E-state index contributed by atoms with van der Waals surface area (Å²) in [6, 6.07) is 8.13. The van der Waals surface area contributed by atoms with Crippen molar-refractivity contribution in [2.45, 2.75) is 51.6 Å². The molecule has 2 atom stereocenters. The van der Waals surface area contributed by atoms with Crippen LogP contribution in [0, 0.1) is 11.8 Å². The number of benzene rings is 2. The monoisotopic (exact) mass is 839 g/mol. The van der Waals surface area contributed by atoms with Crippen LogP contribution in [0.4, 0.5) is 23.0 Å². The summed E-state index contributed by atoms with van der Waals surface area (Å²) in [5.41, 5.74) is 8.62.